The molecule has 116 valence electrons. The lowest BCUT2D eigenvalue weighted by molar-refractivity contribution is 0.601. The van der Waals surface area contributed by atoms with Crippen LogP contribution in [0.5, 0.6) is 0 Å². The Balaban J connectivity index is 1.94. The average molecular weight is 316 g/mol. The van der Waals surface area contributed by atoms with Crippen molar-refractivity contribution in [1.29, 1.82) is 0 Å². The number of fused-ring (bicyclic) bond motifs is 1. The zero-order chi connectivity index (χ0) is 15.9. The summed E-state index contributed by atoms with van der Waals surface area (Å²) in [4.78, 5) is 0.308. The Morgan fingerprint density at radius 3 is 2.73 bits per heavy atom. The van der Waals surface area contributed by atoms with Crippen molar-refractivity contribution in [3.05, 3.63) is 53.1 Å². The first-order chi connectivity index (χ1) is 10.4. The van der Waals surface area contributed by atoms with E-state index in [1.807, 2.05) is 32.0 Å². The van der Waals surface area contributed by atoms with E-state index in [1.54, 1.807) is 18.2 Å². The molecule has 2 aromatic carbocycles. The smallest absolute Gasteiger partial charge is 0.261 e. The maximum atomic E-state index is 12.6. The van der Waals surface area contributed by atoms with Crippen molar-refractivity contribution < 1.29 is 8.42 Å². The summed E-state index contributed by atoms with van der Waals surface area (Å²) in [7, 11) is -3.57. The highest BCUT2D eigenvalue weighted by Crippen LogP contribution is 2.29. The lowest BCUT2D eigenvalue weighted by Crippen LogP contribution is -2.14. The first kappa shape index (κ1) is 14.9. The van der Waals surface area contributed by atoms with Gasteiger partial charge in [-0.2, -0.15) is 0 Å². The summed E-state index contributed by atoms with van der Waals surface area (Å²) in [5.41, 5.74) is 4.72. The summed E-state index contributed by atoms with van der Waals surface area (Å²) in [6.45, 7) is 5.97. The molecule has 0 bridgehead atoms. The molecule has 0 amide bonds. The molecule has 0 saturated carbocycles. The maximum absolute atomic E-state index is 12.6. The third-order valence-corrected chi connectivity index (χ3v) is 5.53. The number of benzene rings is 2. The molecule has 4 nitrogen and oxygen atoms in total. The van der Waals surface area contributed by atoms with E-state index >= 15 is 0 Å². The molecule has 1 atom stereocenters. The second kappa shape index (κ2) is 5.32. The highest BCUT2D eigenvalue weighted by atomic mass is 32.2. The highest BCUT2D eigenvalue weighted by molar-refractivity contribution is 7.92. The molecule has 2 N–H and O–H groups in total. The zero-order valence-electron chi connectivity index (χ0n) is 13.0. The Hall–Kier alpha value is -2.01. The van der Waals surface area contributed by atoms with Crippen molar-refractivity contribution in [2.24, 2.45) is 0 Å². The van der Waals surface area contributed by atoms with E-state index in [-0.39, 0.29) is 0 Å². The first-order valence-corrected chi connectivity index (χ1v) is 8.83. The Kier molecular flexibility index (Phi) is 3.60. The molecule has 0 radical (unpaired) electrons. The van der Waals surface area contributed by atoms with Gasteiger partial charge in [0.2, 0.25) is 0 Å². The Morgan fingerprint density at radius 2 is 1.95 bits per heavy atom. The van der Waals surface area contributed by atoms with Gasteiger partial charge in [-0.05, 0) is 68.1 Å². The lowest BCUT2D eigenvalue weighted by Gasteiger charge is -2.13. The van der Waals surface area contributed by atoms with E-state index in [2.05, 4.69) is 17.0 Å². The monoisotopic (exact) mass is 316 g/mol. The van der Waals surface area contributed by atoms with Crippen LogP contribution in [0.1, 0.15) is 23.6 Å². The van der Waals surface area contributed by atoms with Crippen LogP contribution in [-0.4, -0.2) is 14.5 Å². The van der Waals surface area contributed by atoms with Crippen molar-refractivity contribution >= 4 is 21.4 Å². The number of anilines is 2. The predicted molar refractivity (Wildman–Crippen MR) is 90.0 cm³/mol. The fourth-order valence-corrected chi connectivity index (χ4v) is 3.93. The molecule has 1 aliphatic rings. The quantitative estimate of drug-likeness (QED) is 0.911. The van der Waals surface area contributed by atoms with E-state index in [0.717, 1.165) is 28.8 Å². The summed E-state index contributed by atoms with van der Waals surface area (Å²) in [5.74, 6) is 0. The van der Waals surface area contributed by atoms with Crippen LogP contribution in [0.25, 0.3) is 0 Å². The van der Waals surface area contributed by atoms with Crippen LogP contribution >= 0.6 is 0 Å². The van der Waals surface area contributed by atoms with Crippen molar-refractivity contribution in [1.82, 2.24) is 0 Å². The standard InChI is InChI=1S/C17H20N2O2S/c1-11-5-4-6-16(13(11)3)19-22(20,21)15-7-8-17-14(10-15)9-12(2)18-17/h4-8,10,12,18-19H,9H2,1-3H3/t12-/m1/s1. The number of hydrogen-bond acceptors (Lipinski definition) is 3. The molecule has 0 aromatic heterocycles. The average Bonchev–Trinajstić information content (AvgIpc) is 2.82. The Bertz CT molecular complexity index is 829. The van der Waals surface area contributed by atoms with Gasteiger partial charge in [0.05, 0.1) is 10.6 Å². The van der Waals surface area contributed by atoms with E-state index in [1.165, 1.54) is 0 Å². The van der Waals surface area contributed by atoms with Crippen LogP contribution in [0.15, 0.2) is 41.3 Å². The Morgan fingerprint density at radius 1 is 1.18 bits per heavy atom. The van der Waals surface area contributed by atoms with Crippen molar-refractivity contribution in [2.75, 3.05) is 10.0 Å². The number of sulfonamides is 1. The summed E-state index contributed by atoms with van der Waals surface area (Å²) in [6.07, 6.45) is 0.849. The molecule has 0 saturated heterocycles. The van der Waals surface area contributed by atoms with Gasteiger partial charge < -0.3 is 5.32 Å². The van der Waals surface area contributed by atoms with Crippen LogP contribution in [-0.2, 0) is 16.4 Å². The third kappa shape index (κ3) is 2.68. The summed E-state index contributed by atoms with van der Waals surface area (Å²) >= 11 is 0. The van der Waals surface area contributed by atoms with Gasteiger partial charge in [-0.15, -0.1) is 0 Å². The van der Waals surface area contributed by atoms with Crippen LogP contribution in [0, 0.1) is 13.8 Å². The SMILES string of the molecule is Cc1cccc(NS(=O)(=O)c2ccc3c(c2)C[C@@H](C)N3)c1C. The molecule has 1 aliphatic heterocycles. The van der Waals surface area contributed by atoms with Gasteiger partial charge in [-0.25, -0.2) is 8.42 Å². The molecule has 0 aliphatic carbocycles. The summed E-state index contributed by atoms with van der Waals surface area (Å²) < 4.78 is 27.9. The predicted octanol–water partition coefficient (Wildman–Crippen LogP) is 3.46. The van der Waals surface area contributed by atoms with Crippen LogP contribution in [0.2, 0.25) is 0 Å². The van der Waals surface area contributed by atoms with Gasteiger partial charge >= 0.3 is 0 Å². The topological polar surface area (TPSA) is 58.2 Å². The van der Waals surface area contributed by atoms with Gasteiger partial charge in [-0.3, -0.25) is 4.72 Å². The number of hydrogen-bond donors (Lipinski definition) is 2. The van der Waals surface area contributed by atoms with Crippen molar-refractivity contribution in [3.63, 3.8) is 0 Å². The molecular weight excluding hydrogens is 296 g/mol. The van der Waals surface area contributed by atoms with E-state index in [9.17, 15) is 8.42 Å². The van der Waals surface area contributed by atoms with Crippen LogP contribution in [0.3, 0.4) is 0 Å². The van der Waals surface area contributed by atoms with Crippen LogP contribution in [0.4, 0.5) is 11.4 Å². The fourth-order valence-electron chi connectivity index (χ4n) is 2.76. The highest BCUT2D eigenvalue weighted by Gasteiger charge is 2.21. The molecule has 0 spiro atoms. The number of rotatable bonds is 3. The van der Waals surface area contributed by atoms with Gasteiger partial charge in [0.1, 0.15) is 0 Å². The minimum atomic E-state index is -3.57. The van der Waals surface area contributed by atoms with Gasteiger partial charge in [0, 0.05) is 11.7 Å². The van der Waals surface area contributed by atoms with E-state index < -0.39 is 10.0 Å². The second-order valence-electron chi connectivity index (χ2n) is 5.92. The van der Waals surface area contributed by atoms with Gasteiger partial charge in [-0.1, -0.05) is 12.1 Å². The molecule has 5 heteroatoms. The molecule has 0 fully saturated rings. The normalized spacial score (nSPS) is 17.0. The minimum Gasteiger partial charge on any atom is -0.382 e. The molecule has 3 rings (SSSR count). The molecular formula is C17H20N2O2S. The maximum Gasteiger partial charge on any atom is 0.261 e. The largest absolute Gasteiger partial charge is 0.382 e. The summed E-state index contributed by atoms with van der Waals surface area (Å²) in [5, 5.41) is 3.33. The third-order valence-electron chi connectivity index (χ3n) is 4.16. The Labute approximate surface area is 131 Å². The minimum absolute atomic E-state index is 0.308. The number of aryl methyl sites for hydroxylation is 1. The zero-order valence-corrected chi connectivity index (χ0v) is 13.8. The molecule has 1 heterocycles. The van der Waals surface area contributed by atoms with E-state index in [0.29, 0.717) is 16.6 Å². The number of nitrogens with one attached hydrogen (secondary N) is 2. The fraction of sp³-hybridized carbons (Fsp3) is 0.294. The molecule has 22 heavy (non-hydrogen) atoms. The first-order valence-electron chi connectivity index (χ1n) is 7.35. The second-order valence-corrected chi connectivity index (χ2v) is 7.60. The lowest BCUT2D eigenvalue weighted by atomic mass is 10.1. The van der Waals surface area contributed by atoms with E-state index in [4.69, 9.17) is 0 Å². The van der Waals surface area contributed by atoms with Gasteiger partial charge in [0.15, 0.2) is 0 Å². The van der Waals surface area contributed by atoms with Crippen molar-refractivity contribution in [2.45, 2.75) is 38.1 Å². The van der Waals surface area contributed by atoms with Crippen LogP contribution < -0.4 is 10.0 Å². The van der Waals surface area contributed by atoms with Crippen molar-refractivity contribution in [3.8, 4) is 0 Å². The van der Waals surface area contributed by atoms with Gasteiger partial charge in [0.25, 0.3) is 10.0 Å². The summed E-state index contributed by atoms with van der Waals surface area (Å²) in [6, 6.07) is 11.2. The molecule has 2 aromatic rings. The molecule has 0 unspecified atom stereocenters.